The maximum atomic E-state index is 11.6. The minimum atomic E-state index is -0.0403. The van der Waals surface area contributed by atoms with Crippen molar-refractivity contribution in [3.63, 3.8) is 0 Å². The minimum absolute atomic E-state index is 0.0403. The van der Waals surface area contributed by atoms with Gasteiger partial charge in [-0.1, -0.05) is 26.8 Å². The summed E-state index contributed by atoms with van der Waals surface area (Å²) in [5, 5.41) is 7.55. The highest BCUT2D eigenvalue weighted by atomic mass is 16.1. The molecule has 1 amide bonds. The molecule has 116 valence electrons. The first-order valence-electron chi connectivity index (χ1n) is 7.59. The van der Waals surface area contributed by atoms with Crippen LogP contribution < -0.4 is 11.1 Å². The molecule has 0 unspecified atom stereocenters. The Labute approximate surface area is 130 Å². The fourth-order valence-electron chi connectivity index (χ4n) is 2.69. The summed E-state index contributed by atoms with van der Waals surface area (Å²) in [5.41, 5.74) is 10.3. The highest BCUT2D eigenvalue weighted by Crippen LogP contribution is 2.26. The van der Waals surface area contributed by atoms with Crippen molar-refractivity contribution in [2.75, 3.05) is 12.3 Å². The van der Waals surface area contributed by atoms with E-state index in [0.29, 0.717) is 18.8 Å². The van der Waals surface area contributed by atoms with Crippen LogP contribution in [0.15, 0.2) is 24.3 Å². The van der Waals surface area contributed by atoms with Crippen LogP contribution in [-0.4, -0.2) is 22.2 Å². The summed E-state index contributed by atoms with van der Waals surface area (Å²) in [7, 11) is 0. The van der Waals surface area contributed by atoms with E-state index in [1.807, 2.05) is 18.2 Å². The number of amides is 1. The van der Waals surface area contributed by atoms with E-state index in [4.69, 9.17) is 5.73 Å². The number of nitrogens with one attached hydrogen (secondary N) is 1. The number of nitrogens with two attached hydrogens (primary N) is 1. The number of carbonyl (C=O) groups is 1. The van der Waals surface area contributed by atoms with Gasteiger partial charge in [0.2, 0.25) is 5.91 Å². The maximum Gasteiger partial charge on any atom is 0.224 e. The Bertz CT molecular complexity index is 725. The number of anilines is 1. The fourth-order valence-corrected chi connectivity index (χ4v) is 2.69. The molecule has 5 nitrogen and oxygen atoms in total. The summed E-state index contributed by atoms with van der Waals surface area (Å²) in [6, 6.07) is 8.00. The van der Waals surface area contributed by atoms with Gasteiger partial charge in [0, 0.05) is 18.0 Å². The van der Waals surface area contributed by atoms with Gasteiger partial charge in [-0.25, -0.2) is 4.68 Å². The lowest BCUT2D eigenvalue weighted by Gasteiger charge is -2.14. The molecule has 0 atom stereocenters. The van der Waals surface area contributed by atoms with Crippen molar-refractivity contribution in [1.29, 1.82) is 0 Å². The molecule has 5 heteroatoms. The van der Waals surface area contributed by atoms with Crippen LogP contribution in [0.4, 0.5) is 5.82 Å². The van der Waals surface area contributed by atoms with Gasteiger partial charge in [0.15, 0.2) is 0 Å². The lowest BCUT2D eigenvalue weighted by Crippen LogP contribution is -2.24. The van der Waals surface area contributed by atoms with Gasteiger partial charge in [0.05, 0.1) is 17.8 Å². The topological polar surface area (TPSA) is 72.9 Å². The molecule has 1 aromatic heterocycles. The Morgan fingerprint density at radius 3 is 2.68 bits per heavy atom. The molecule has 1 aliphatic heterocycles. The van der Waals surface area contributed by atoms with Crippen molar-refractivity contribution in [3.8, 4) is 5.69 Å². The molecule has 3 N–H and O–H groups in total. The van der Waals surface area contributed by atoms with Crippen LogP contribution in [0.2, 0.25) is 0 Å². The Morgan fingerprint density at radius 1 is 1.23 bits per heavy atom. The zero-order valence-corrected chi connectivity index (χ0v) is 13.3. The van der Waals surface area contributed by atoms with Crippen molar-refractivity contribution in [3.05, 3.63) is 41.1 Å². The summed E-state index contributed by atoms with van der Waals surface area (Å²) in [5.74, 6) is 0.716. The van der Waals surface area contributed by atoms with Crippen molar-refractivity contribution in [2.24, 2.45) is 0 Å². The molecule has 2 heterocycles. The second-order valence-corrected chi connectivity index (χ2v) is 6.85. The molecule has 22 heavy (non-hydrogen) atoms. The van der Waals surface area contributed by atoms with E-state index in [2.05, 4.69) is 37.3 Å². The van der Waals surface area contributed by atoms with E-state index in [9.17, 15) is 4.79 Å². The van der Waals surface area contributed by atoms with E-state index < -0.39 is 0 Å². The average molecular weight is 298 g/mol. The number of rotatable bonds is 1. The minimum Gasteiger partial charge on any atom is -0.384 e. The summed E-state index contributed by atoms with van der Waals surface area (Å²) in [6.07, 6.45) is 1.28. The number of hydrogen-bond donors (Lipinski definition) is 2. The summed E-state index contributed by atoms with van der Waals surface area (Å²) in [6.45, 7) is 7.03. The van der Waals surface area contributed by atoms with Crippen molar-refractivity contribution >= 4 is 11.7 Å². The summed E-state index contributed by atoms with van der Waals surface area (Å²) < 4.78 is 1.78. The molecule has 0 spiro atoms. The monoisotopic (exact) mass is 298 g/mol. The second kappa shape index (κ2) is 5.16. The normalized spacial score (nSPS) is 15.1. The molecule has 0 saturated carbocycles. The first kappa shape index (κ1) is 14.6. The van der Waals surface area contributed by atoms with Crippen molar-refractivity contribution in [2.45, 2.75) is 39.0 Å². The van der Waals surface area contributed by atoms with Crippen molar-refractivity contribution < 1.29 is 4.79 Å². The number of nitrogens with zero attached hydrogens (tertiary/aromatic N) is 2. The lowest BCUT2D eigenvalue weighted by molar-refractivity contribution is -0.120. The summed E-state index contributed by atoms with van der Waals surface area (Å²) >= 11 is 0. The lowest BCUT2D eigenvalue weighted by atomic mass is 9.92. The number of aromatic nitrogens is 2. The molecular formula is C17H22N4O. The number of nitrogen functional groups attached to an aromatic ring is 1. The predicted octanol–water partition coefficient (Wildman–Crippen LogP) is 1.97. The smallest absolute Gasteiger partial charge is 0.224 e. The molecule has 2 aromatic rings. The number of fused-ring (bicyclic) bond motifs is 1. The number of benzene rings is 1. The average Bonchev–Trinajstić information content (AvgIpc) is 2.73. The van der Waals surface area contributed by atoms with Crippen LogP contribution >= 0.6 is 0 Å². The molecule has 0 fully saturated rings. The molecule has 0 aliphatic carbocycles. The van der Waals surface area contributed by atoms with E-state index in [1.165, 1.54) is 5.56 Å². The first-order chi connectivity index (χ1) is 10.3. The fraction of sp³-hybridized carbons (Fsp3) is 0.412. The van der Waals surface area contributed by atoms with Gasteiger partial charge in [-0.2, -0.15) is 5.10 Å². The van der Waals surface area contributed by atoms with Crippen LogP contribution in [0.3, 0.4) is 0 Å². The van der Waals surface area contributed by atoms with Crippen LogP contribution in [-0.2, 0) is 23.1 Å². The summed E-state index contributed by atoms with van der Waals surface area (Å²) in [4.78, 5) is 11.6. The van der Waals surface area contributed by atoms with E-state index >= 15 is 0 Å². The molecule has 1 aromatic carbocycles. The highest BCUT2D eigenvalue weighted by molar-refractivity contribution is 5.79. The maximum absolute atomic E-state index is 11.6. The highest BCUT2D eigenvalue weighted by Gasteiger charge is 2.20. The SMILES string of the molecule is CC(C)(C)c1cc(N)n(-c2ccc3c(c2)CCNC(=O)C3)n1. The molecule has 3 rings (SSSR count). The van der Waals surface area contributed by atoms with Gasteiger partial charge in [-0.3, -0.25) is 4.79 Å². The quantitative estimate of drug-likeness (QED) is 0.845. The van der Waals surface area contributed by atoms with Gasteiger partial charge in [0.1, 0.15) is 5.82 Å². The van der Waals surface area contributed by atoms with Crippen LogP contribution in [0.5, 0.6) is 0 Å². The van der Waals surface area contributed by atoms with Gasteiger partial charge in [0.25, 0.3) is 0 Å². The first-order valence-corrected chi connectivity index (χ1v) is 7.59. The molecule has 1 aliphatic rings. The van der Waals surface area contributed by atoms with E-state index in [1.54, 1.807) is 4.68 Å². The number of carbonyl (C=O) groups excluding carboxylic acids is 1. The Kier molecular flexibility index (Phi) is 3.43. The van der Waals surface area contributed by atoms with Crippen molar-refractivity contribution in [1.82, 2.24) is 15.1 Å². The second-order valence-electron chi connectivity index (χ2n) is 6.85. The van der Waals surface area contributed by atoms with E-state index in [-0.39, 0.29) is 11.3 Å². The third kappa shape index (κ3) is 2.71. The number of hydrogen-bond acceptors (Lipinski definition) is 3. The van der Waals surface area contributed by atoms with Gasteiger partial charge >= 0.3 is 0 Å². The zero-order valence-electron chi connectivity index (χ0n) is 13.3. The Balaban J connectivity index is 2.01. The molecular weight excluding hydrogens is 276 g/mol. The zero-order chi connectivity index (χ0) is 15.9. The molecule has 0 saturated heterocycles. The Hall–Kier alpha value is -2.30. The molecule has 0 bridgehead atoms. The van der Waals surface area contributed by atoms with Gasteiger partial charge in [-0.15, -0.1) is 0 Å². The third-order valence-electron chi connectivity index (χ3n) is 4.01. The van der Waals surface area contributed by atoms with Crippen LogP contribution in [0.25, 0.3) is 5.69 Å². The Morgan fingerprint density at radius 2 is 2.00 bits per heavy atom. The van der Waals surface area contributed by atoms with E-state index in [0.717, 1.165) is 23.4 Å². The van der Waals surface area contributed by atoms with Crippen LogP contribution in [0, 0.1) is 0 Å². The van der Waals surface area contributed by atoms with Gasteiger partial charge < -0.3 is 11.1 Å². The standard InChI is InChI=1S/C17H22N4O/c1-17(2,3)14-10-15(18)21(20-14)13-5-4-11-9-16(22)19-7-6-12(11)8-13/h4-5,8,10H,6-7,9,18H2,1-3H3,(H,19,22). The predicted molar refractivity (Wildman–Crippen MR) is 87.1 cm³/mol. The third-order valence-corrected chi connectivity index (χ3v) is 4.01. The molecule has 0 radical (unpaired) electrons. The van der Waals surface area contributed by atoms with Gasteiger partial charge in [-0.05, 0) is 29.7 Å². The largest absolute Gasteiger partial charge is 0.384 e. The van der Waals surface area contributed by atoms with Crippen LogP contribution in [0.1, 0.15) is 37.6 Å².